The molecule has 0 aliphatic heterocycles. The standard InChI is InChI=1S/C16H25NOS/c1-19-16(10-6-3-7-11-16)13-17-12-15(18)14-8-4-2-5-9-14/h2,4-5,8-9,15,17-18H,3,6-7,10-13H2,1H3. The van der Waals surface area contributed by atoms with Crippen LogP contribution in [0.25, 0.3) is 0 Å². The molecule has 0 amide bonds. The van der Waals surface area contributed by atoms with Gasteiger partial charge in [-0.3, -0.25) is 0 Å². The van der Waals surface area contributed by atoms with Gasteiger partial charge in [0.1, 0.15) is 0 Å². The number of hydrogen-bond acceptors (Lipinski definition) is 3. The van der Waals surface area contributed by atoms with Crippen LogP contribution in [-0.4, -0.2) is 29.2 Å². The molecule has 1 aliphatic carbocycles. The van der Waals surface area contributed by atoms with Crippen molar-refractivity contribution in [2.24, 2.45) is 0 Å². The number of benzene rings is 1. The molecule has 1 unspecified atom stereocenters. The van der Waals surface area contributed by atoms with Crippen molar-refractivity contribution < 1.29 is 5.11 Å². The minimum Gasteiger partial charge on any atom is -0.387 e. The second-order valence-electron chi connectivity index (χ2n) is 5.51. The Bertz CT molecular complexity index is 362. The first-order valence-electron chi connectivity index (χ1n) is 7.25. The SMILES string of the molecule is CSC1(CNCC(O)c2ccccc2)CCCCC1. The Morgan fingerprint density at radius 2 is 1.89 bits per heavy atom. The molecule has 0 aromatic heterocycles. The number of thioether (sulfide) groups is 1. The number of aliphatic hydroxyl groups is 1. The monoisotopic (exact) mass is 279 g/mol. The average Bonchev–Trinajstić information content (AvgIpc) is 2.49. The normalized spacial score (nSPS) is 20.1. The highest BCUT2D eigenvalue weighted by Crippen LogP contribution is 2.37. The Balaban J connectivity index is 1.79. The molecular weight excluding hydrogens is 254 g/mol. The highest BCUT2D eigenvalue weighted by atomic mass is 32.2. The lowest BCUT2D eigenvalue weighted by molar-refractivity contribution is 0.172. The molecule has 1 aromatic carbocycles. The van der Waals surface area contributed by atoms with Crippen LogP contribution in [0.5, 0.6) is 0 Å². The Morgan fingerprint density at radius 3 is 2.53 bits per heavy atom. The van der Waals surface area contributed by atoms with Crippen LogP contribution in [-0.2, 0) is 0 Å². The van der Waals surface area contributed by atoms with Crippen molar-refractivity contribution >= 4 is 11.8 Å². The molecule has 2 nitrogen and oxygen atoms in total. The first-order chi connectivity index (χ1) is 9.26. The van der Waals surface area contributed by atoms with Gasteiger partial charge in [0.2, 0.25) is 0 Å². The van der Waals surface area contributed by atoms with E-state index in [9.17, 15) is 5.11 Å². The zero-order chi connectivity index (χ0) is 13.6. The molecule has 1 aliphatic rings. The topological polar surface area (TPSA) is 32.3 Å². The lowest BCUT2D eigenvalue weighted by Crippen LogP contribution is -2.40. The zero-order valence-corrected chi connectivity index (χ0v) is 12.6. The predicted molar refractivity (Wildman–Crippen MR) is 83.6 cm³/mol. The number of hydrogen-bond donors (Lipinski definition) is 2. The van der Waals surface area contributed by atoms with Crippen LogP contribution in [0.1, 0.15) is 43.8 Å². The third kappa shape index (κ3) is 4.23. The van der Waals surface area contributed by atoms with E-state index < -0.39 is 6.10 Å². The summed E-state index contributed by atoms with van der Waals surface area (Å²) in [5.41, 5.74) is 0.997. The van der Waals surface area contributed by atoms with E-state index in [-0.39, 0.29) is 0 Å². The number of aliphatic hydroxyl groups excluding tert-OH is 1. The molecule has 0 spiro atoms. The molecule has 1 fully saturated rings. The first-order valence-corrected chi connectivity index (χ1v) is 8.47. The van der Waals surface area contributed by atoms with Gasteiger partial charge in [-0.25, -0.2) is 0 Å². The summed E-state index contributed by atoms with van der Waals surface area (Å²) in [5, 5.41) is 13.6. The van der Waals surface area contributed by atoms with E-state index in [0.29, 0.717) is 11.3 Å². The Morgan fingerprint density at radius 1 is 1.21 bits per heavy atom. The molecule has 2 rings (SSSR count). The molecule has 1 aromatic rings. The summed E-state index contributed by atoms with van der Waals surface area (Å²) in [6.07, 6.45) is 8.53. The Hall–Kier alpha value is -0.510. The van der Waals surface area contributed by atoms with Crippen molar-refractivity contribution in [2.75, 3.05) is 19.3 Å². The van der Waals surface area contributed by atoms with Crippen LogP contribution in [0.2, 0.25) is 0 Å². The quantitative estimate of drug-likeness (QED) is 0.837. The van der Waals surface area contributed by atoms with Crippen LogP contribution in [0.4, 0.5) is 0 Å². The van der Waals surface area contributed by atoms with Gasteiger partial charge in [-0.1, -0.05) is 49.6 Å². The largest absolute Gasteiger partial charge is 0.387 e. The molecule has 3 heteroatoms. The molecule has 19 heavy (non-hydrogen) atoms. The summed E-state index contributed by atoms with van der Waals surface area (Å²) >= 11 is 2.00. The first kappa shape index (κ1) is 14.9. The maximum Gasteiger partial charge on any atom is 0.0914 e. The molecule has 0 saturated heterocycles. The van der Waals surface area contributed by atoms with Crippen molar-refractivity contribution in [3.8, 4) is 0 Å². The third-order valence-corrected chi connectivity index (χ3v) is 5.59. The number of nitrogens with one attached hydrogen (secondary N) is 1. The Labute approximate surface area is 121 Å². The number of rotatable bonds is 6. The minimum atomic E-state index is -0.399. The van der Waals surface area contributed by atoms with Gasteiger partial charge < -0.3 is 10.4 Å². The molecule has 2 N–H and O–H groups in total. The summed E-state index contributed by atoms with van der Waals surface area (Å²) in [6, 6.07) is 9.90. The van der Waals surface area contributed by atoms with Crippen LogP contribution < -0.4 is 5.32 Å². The summed E-state index contributed by atoms with van der Waals surface area (Å²) in [6.45, 7) is 1.66. The predicted octanol–water partition coefficient (Wildman–Crippen LogP) is 3.38. The maximum absolute atomic E-state index is 10.1. The van der Waals surface area contributed by atoms with E-state index >= 15 is 0 Å². The van der Waals surface area contributed by atoms with Crippen molar-refractivity contribution in [3.05, 3.63) is 35.9 Å². The van der Waals surface area contributed by atoms with Crippen molar-refractivity contribution in [1.82, 2.24) is 5.32 Å². The lowest BCUT2D eigenvalue weighted by Gasteiger charge is -2.36. The molecule has 1 saturated carbocycles. The van der Waals surface area contributed by atoms with E-state index in [1.54, 1.807) is 0 Å². The second kappa shape index (κ2) is 7.32. The van der Waals surface area contributed by atoms with Gasteiger partial charge >= 0.3 is 0 Å². The van der Waals surface area contributed by atoms with Crippen LogP contribution in [0.15, 0.2) is 30.3 Å². The van der Waals surface area contributed by atoms with E-state index in [1.807, 2.05) is 42.1 Å². The second-order valence-corrected chi connectivity index (χ2v) is 6.78. The summed E-state index contributed by atoms with van der Waals surface area (Å²) < 4.78 is 0.397. The fraction of sp³-hybridized carbons (Fsp3) is 0.625. The molecule has 0 heterocycles. The Kier molecular flexibility index (Phi) is 5.74. The van der Waals surface area contributed by atoms with E-state index in [4.69, 9.17) is 0 Å². The average molecular weight is 279 g/mol. The third-order valence-electron chi connectivity index (χ3n) is 4.17. The highest BCUT2D eigenvalue weighted by molar-refractivity contribution is 8.00. The van der Waals surface area contributed by atoms with Crippen molar-refractivity contribution in [3.63, 3.8) is 0 Å². The fourth-order valence-electron chi connectivity index (χ4n) is 2.88. The van der Waals surface area contributed by atoms with E-state index in [0.717, 1.165) is 12.1 Å². The van der Waals surface area contributed by atoms with Gasteiger partial charge in [-0.15, -0.1) is 0 Å². The van der Waals surface area contributed by atoms with Crippen molar-refractivity contribution in [1.29, 1.82) is 0 Å². The van der Waals surface area contributed by atoms with Gasteiger partial charge in [0, 0.05) is 17.8 Å². The van der Waals surface area contributed by atoms with Crippen LogP contribution in [0.3, 0.4) is 0 Å². The molecule has 106 valence electrons. The smallest absolute Gasteiger partial charge is 0.0914 e. The zero-order valence-electron chi connectivity index (χ0n) is 11.8. The molecular formula is C16H25NOS. The summed E-state index contributed by atoms with van der Waals surface area (Å²) in [7, 11) is 0. The van der Waals surface area contributed by atoms with Crippen molar-refractivity contribution in [2.45, 2.75) is 43.0 Å². The van der Waals surface area contributed by atoms with E-state index in [2.05, 4.69) is 11.6 Å². The van der Waals surface area contributed by atoms with Crippen LogP contribution >= 0.6 is 11.8 Å². The highest BCUT2D eigenvalue weighted by Gasteiger charge is 2.30. The maximum atomic E-state index is 10.1. The minimum absolute atomic E-state index is 0.397. The molecule has 0 bridgehead atoms. The summed E-state index contributed by atoms with van der Waals surface area (Å²) in [5.74, 6) is 0. The van der Waals surface area contributed by atoms with Gasteiger partial charge in [0.25, 0.3) is 0 Å². The van der Waals surface area contributed by atoms with Gasteiger partial charge in [-0.05, 0) is 24.7 Å². The van der Waals surface area contributed by atoms with Crippen LogP contribution in [0, 0.1) is 0 Å². The summed E-state index contributed by atoms with van der Waals surface area (Å²) in [4.78, 5) is 0. The van der Waals surface area contributed by atoms with Gasteiger partial charge in [0.05, 0.1) is 6.10 Å². The lowest BCUT2D eigenvalue weighted by atomic mass is 9.88. The molecule has 0 radical (unpaired) electrons. The fourth-order valence-corrected chi connectivity index (χ4v) is 3.82. The van der Waals surface area contributed by atoms with Gasteiger partial charge in [-0.2, -0.15) is 11.8 Å². The van der Waals surface area contributed by atoms with E-state index in [1.165, 1.54) is 32.1 Å². The van der Waals surface area contributed by atoms with Gasteiger partial charge in [0.15, 0.2) is 0 Å². The molecule has 1 atom stereocenters.